The molecule has 3 nitrogen and oxygen atoms in total. The summed E-state index contributed by atoms with van der Waals surface area (Å²) >= 11 is 0. The maximum Gasteiger partial charge on any atom is 0.256 e. The average molecular weight is 268 g/mol. The van der Waals surface area contributed by atoms with Crippen LogP contribution in [0.2, 0.25) is 0 Å². The SMILES string of the molecule is CN1CCC(CN(C)C(=O)c2cc(F)ccc2F)C1. The first-order valence-electron chi connectivity index (χ1n) is 6.36. The molecule has 1 aromatic carbocycles. The maximum atomic E-state index is 13.5. The van der Waals surface area contributed by atoms with Crippen LogP contribution in [0, 0.1) is 17.6 Å². The summed E-state index contributed by atoms with van der Waals surface area (Å²) in [4.78, 5) is 15.8. The second-order valence-corrected chi connectivity index (χ2v) is 5.23. The van der Waals surface area contributed by atoms with Crippen LogP contribution in [-0.4, -0.2) is 49.4 Å². The van der Waals surface area contributed by atoms with E-state index >= 15 is 0 Å². The summed E-state index contributed by atoms with van der Waals surface area (Å²) in [6.45, 7) is 2.52. The summed E-state index contributed by atoms with van der Waals surface area (Å²) in [6, 6.07) is 2.95. The van der Waals surface area contributed by atoms with Crippen molar-refractivity contribution < 1.29 is 13.6 Å². The van der Waals surface area contributed by atoms with Crippen LogP contribution in [-0.2, 0) is 0 Å². The third-order valence-corrected chi connectivity index (χ3v) is 3.53. The van der Waals surface area contributed by atoms with E-state index in [-0.39, 0.29) is 5.56 Å². The molecular weight excluding hydrogens is 250 g/mol. The van der Waals surface area contributed by atoms with Crippen LogP contribution < -0.4 is 0 Å². The highest BCUT2D eigenvalue weighted by Crippen LogP contribution is 2.17. The molecule has 1 unspecified atom stereocenters. The number of carbonyl (C=O) groups excluding carboxylic acids is 1. The van der Waals surface area contributed by atoms with Crippen molar-refractivity contribution in [1.29, 1.82) is 0 Å². The first-order chi connectivity index (χ1) is 8.97. The van der Waals surface area contributed by atoms with Crippen LogP contribution in [0.3, 0.4) is 0 Å². The van der Waals surface area contributed by atoms with Gasteiger partial charge in [0.1, 0.15) is 11.6 Å². The zero-order valence-corrected chi connectivity index (χ0v) is 11.2. The van der Waals surface area contributed by atoms with Crippen molar-refractivity contribution in [3.05, 3.63) is 35.4 Å². The lowest BCUT2D eigenvalue weighted by Crippen LogP contribution is -2.33. The monoisotopic (exact) mass is 268 g/mol. The van der Waals surface area contributed by atoms with Gasteiger partial charge in [0.2, 0.25) is 0 Å². The number of nitrogens with zero attached hydrogens (tertiary/aromatic N) is 2. The average Bonchev–Trinajstić information content (AvgIpc) is 2.77. The predicted octanol–water partition coefficient (Wildman–Crippen LogP) is 1.99. The summed E-state index contributed by atoms with van der Waals surface area (Å²) in [5.41, 5.74) is -0.200. The molecule has 1 aliphatic heterocycles. The third kappa shape index (κ3) is 3.29. The van der Waals surface area contributed by atoms with Crippen LogP contribution in [0.1, 0.15) is 16.8 Å². The standard InChI is InChI=1S/C14H18F2N2O/c1-17-6-5-10(8-17)9-18(2)14(19)12-7-11(15)3-4-13(12)16/h3-4,7,10H,5-6,8-9H2,1-2H3. The fraction of sp³-hybridized carbons (Fsp3) is 0.500. The van der Waals surface area contributed by atoms with Crippen LogP contribution in [0.5, 0.6) is 0 Å². The minimum atomic E-state index is -0.679. The second-order valence-electron chi connectivity index (χ2n) is 5.23. The van der Waals surface area contributed by atoms with Crippen LogP contribution >= 0.6 is 0 Å². The molecule has 0 spiro atoms. The van der Waals surface area contributed by atoms with Crippen molar-refractivity contribution in [3.8, 4) is 0 Å². The quantitative estimate of drug-likeness (QED) is 0.837. The lowest BCUT2D eigenvalue weighted by Gasteiger charge is -2.21. The van der Waals surface area contributed by atoms with Gasteiger partial charge in [-0.25, -0.2) is 8.78 Å². The number of likely N-dealkylation sites (tertiary alicyclic amines) is 1. The molecule has 0 saturated carbocycles. The normalized spacial score (nSPS) is 19.7. The summed E-state index contributed by atoms with van der Waals surface area (Å²) in [5.74, 6) is -1.34. The van der Waals surface area contributed by atoms with Gasteiger partial charge in [0.25, 0.3) is 5.91 Å². The lowest BCUT2D eigenvalue weighted by molar-refractivity contribution is 0.0769. The maximum absolute atomic E-state index is 13.5. The molecule has 0 N–H and O–H groups in total. The Balaban J connectivity index is 2.04. The number of hydrogen-bond donors (Lipinski definition) is 0. The van der Waals surface area contributed by atoms with Crippen LogP contribution in [0.4, 0.5) is 8.78 Å². The van der Waals surface area contributed by atoms with E-state index in [1.807, 2.05) is 7.05 Å². The van der Waals surface area contributed by atoms with Crippen molar-refractivity contribution in [1.82, 2.24) is 9.80 Å². The highest BCUT2D eigenvalue weighted by molar-refractivity contribution is 5.94. The molecule has 1 saturated heterocycles. The zero-order valence-electron chi connectivity index (χ0n) is 11.2. The zero-order chi connectivity index (χ0) is 14.0. The van der Waals surface area contributed by atoms with Crippen molar-refractivity contribution in [2.24, 2.45) is 5.92 Å². The summed E-state index contributed by atoms with van der Waals surface area (Å²) in [6.07, 6.45) is 1.03. The molecule has 1 aromatic rings. The number of rotatable bonds is 3. The van der Waals surface area contributed by atoms with Crippen molar-refractivity contribution in [2.75, 3.05) is 33.7 Å². The van der Waals surface area contributed by atoms with E-state index in [2.05, 4.69) is 4.90 Å². The molecule has 1 aliphatic rings. The molecule has 1 amide bonds. The van der Waals surface area contributed by atoms with Gasteiger partial charge in [0.15, 0.2) is 0 Å². The molecule has 0 aromatic heterocycles. The van der Waals surface area contributed by atoms with E-state index in [0.717, 1.165) is 37.7 Å². The molecule has 0 aliphatic carbocycles. The number of hydrogen-bond acceptors (Lipinski definition) is 2. The minimum Gasteiger partial charge on any atom is -0.341 e. The number of halogens is 2. The van der Waals surface area contributed by atoms with Crippen LogP contribution in [0.25, 0.3) is 0 Å². The van der Waals surface area contributed by atoms with E-state index in [1.165, 1.54) is 4.90 Å². The van der Waals surface area contributed by atoms with E-state index in [4.69, 9.17) is 0 Å². The minimum absolute atomic E-state index is 0.200. The number of amides is 1. The van der Waals surface area contributed by atoms with Gasteiger partial charge < -0.3 is 9.80 Å². The van der Waals surface area contributed by atoms with E-state index in [0.29, 0.717) is 12.5 Å². The second kappa shape index (κ2) is 5.65. The first kappa shape index (κ1) is 13.9. The van der Waals surface area contributed by atoms with Gasteiger partial charge >= 0.3 is 0 Å². The van der Waals surface area contributed by atoms with Gasteiger partial charge in [-0.1, -0.05) is 0 Å². The highest BCUT2D eigenvalue weighted by Gasteiger charge is 2.24. The Labute approximate surface area is 111 Å². The van der Waals surface area contributed by atoms with Gasteiger partial charge in [0.05, 0.1) is 5.56 Å². The summed E-state index contributed by atoms with van der Waals surface area (Å²) in [7, 11) is 3.67. The molecule has 2 rings (SSSR count). The van der Waals surface area contributed by atoms with E-state index in [1.54, 1.807) is 7.05 Å². The van der Waals surface area contributed by atoms with Crippen LogP contribution in [0.15, 0.2) is 18.2 Å². The molecule has 5 heteroatoms. The highest BCUT2D eigenvalue weighted by atomic mass is 19.1. The largest absolute Gasteiger partial charge is 0.341 e. The van der Waals surface area contributed by atoms with Gasteiger partial charge in [-0.15, -0.1) is 0 Å². The van der Waals surface area contributed by atoms with E-state index in [9.17, 15) is 13.6 Å². The van der Waals surface area contributed by atoms with Gasteiger partial charge in [-0.05, 0) is 44.1 Å². The Kier molecular flexibility index (Phi) is 4.14. The Bertz CT molecular complexity index is 479. The summed E-state index contributed by atoms with van der Waals surface area (Å²) < 4.78 is 26.6. The lowest BCUT2D eigenvalue weighted by atomic mass is 10.1. The molecule has 0 bridgehead atoms. The van der Waals surface area contributed by atoms with Crippen molar-refractivity contribution >= 4 is 5.91 Å². The smallest absolute Gasteiger partial charge is 0.256 e. The Morgan fingerprint density at radius 3 is 2.84 bits per heavy atom. The molecule has 1 fully saturated rings. The molecule has 1 atom stereocenters. The Morgan fingerprint density at radius 2 is 2.21 bits per heavy atom. The van der Waals surface area contributed by atoms with E-state index < -0.39 is 17.5 Å². The fourth-order valence-corrected chi connectivity index (χ4v) is 2.51. The van der Waals surface area contributed by atoms with Crippen molar-refractivity contribution in [2.45, 2.75) is 6.42 Å². The summed E-state index contributed by atoms with van der Waals surface area (Å²) in [5, 5.41) is 0. The number of carbonyl (C=O) groups is 1. The molecule has 1 heterocycles. The Morgan fingerprint density at radius 1 is 1.47 bits per heavy atom. The third-order valence-electron chi connectivity index (χ3n) is 3.53. The van der Waals surface area contributed by atoms with Crippen molar-refractivity contribution in [3.63, 3.8) is 0 Å². The topological polar surface area (TPSA) is 23.6 Å². The molecule has 0 radical (unpaired) electrons. The molecule has 104 valence electrons. The Hall–Kier alpha value is -1.49. The first-order valence-corrected chi connectivity index (χ1v) is 6.36. The predicted molar refractivity (Wildman–Crippen MR) is 68.9 cm³/mol. The van der Waals surface area contributed by atoms with Gasteiger partial charge in [-0.3, -0.25) is 4.79 Å². The fourth-order valence-electron chi connectivity index (χ4n) is 2.51. The molecular formula is C14H18F2N2O. The van der Waals surface area contributed by atoms with Gasteiger partial charge in [-0.2, -0.15) is 0 Å². The number of benzene rings is 1. The van der Waals surface area contributed by atoms with Gasteiger partial charge in [0, 0.05) is 20.1 Å². The molecule has 19 heavy (non-hydrogen) atoms.